The van der Waals surface area contributed by atoms with E-state index in [1.165, 1.54) is 71.3 Å². The molecule has 0 bridgehead atoms. The van der Waals surface area contributed by atoms with Gasteiger partial charge in [-0.25, -0.2) is 4.79 Å². The Morgan fingerprint density at radius 3 is 1.67 bits per heavy atom. The molecule has 1 atom stereocenters. The van der Waals surface area contributed by atoms with Gasteiger partial charge in [-0.3, -0.25) is 9.59 Å². The minimum Gasteiger partial charge on any atom is -0.480 e. The molecule has 27 heavy (non-hydrogen) atoms. The van der Waals surface area contributed by atoms with E-state index < -0.39 is 18.0 Å². The van der Waals surface area contributed by atoms with Gasteiger partial charge in [-0.1, -0.05) is 84.0 Å². The Morgan fingerprint density at radius 2 is 1.26 bits per heavy atom. The van der Waals surface area contributed by atoms with Gasteiger partial charge in [-0.2, -0.15) is 0 Å². The molecule has 6 heteroatoms. The zero-order chi connectivity index (χ0) is 20.3. The number of hydrogen-bond acceptors (Lipinski definition) is 4. The predicted molar refractivity (Wildman–Crippen MR) is 107 cm³/mol. The van der Waals surface area contributed by atoms with E-state index in [1.54, 1.807) is 0 Å². The van der Waals surface area contributed by atoms with E-state index in [0.29, 0.717) is 6.42 Å². The SMILES string of the molecule is CCCCCCCCCCCCCCCC(=O)N[C@@H](CC(=O)OC)C(=O)O. The van der Waals surface area contributed by atoms with Gasteiger partial charge in [-0.15, -0.1) is 0 Å². The summed E-state index contributed by atoms with van der Waals surface area (Å²) in [6.45, 7) is 2.24. The molecule has 0 fully saturated rings. The molecular formula is C21H39NO5. The van der Waals surface area contributed by atoms with Crippen molar-refractivity contribution in [1.82, 2.24) is 5.32 Å². The number of hydrogen-bond donors (Lipinski definition) is 2. The molecule has 6 nitrogen and oxygen atoms in total. The zero-order valence-corrected chi connectivity index (χ0v) is 17.3. The summed E-state index contributed by atoms with van der Waals surface area (Å²) >= 11 is 0. The van der Waals surface area contributed by atoms with Crippen LogP contribution in [-0.4, -0.2) is 36.1 Å². The van der Waals surface area contributed by atoms with Crippen LogP contribution in [0.15, 0.2) is 0 Å². The van der Waals surface area contributed by atoms with Gasteiger partial charge in [-0.05, 0) is 6.42 Å². The van der Waals surface area contributed by atoms with Crippen LogP contribution < -0.4 is 5.32 Å². The number of carbonyl (C=O) groups is 3. The Morgan fingerprint density at radius 1 is 0.815 bits per heavy atom. The van der Waals surface area contributed by atoms with E-state index >= 15 is 0 Å². The van der Waals surface area contributed by atoms with E-state index in [1.807, 2.05) is 0 Å². The molecule has 0 rings (SSSR count). The monoisotopic (exact) mass is 385 g/mol. The van der Waals surface area contributed by atoms with Crippen molar-refractivity contribution in [1.29, 1.82) is 0 Å². The van der Waals surface area contributed by atoms with Gasteiger partial charge in [0.2, 0.25) is 5.91 Å². The van der Waals surface area contributed by atoms with Crippen molar-refractivity contribution in [2.45, 2.75) is 109 Å². The van der Waals surface area contributed by atoms with Crippen LogP contribution in [0.4, 0.5) is 0 Å². The standard InChI is InChI=1S/C21H39NO5/c1-3-4-5-6-7-8-9-10-11-12-13-14-15-16-19(23)22-18(21(25)26)17-20(24)27-2/h18H,3-17H2,1-2H3,(H,22,23)(H,25,26)/t18-/m0/s1. The van der Waals surface area contributed by atoms with Gasteiger partial charge in [0.15, 0.2) is 0 Å². The number of carboxylic acid groups (broad SMARTS) is 1. The first-order valence-electron chi connectivity index (χ1n) is 10.6. The third kappa shape index (κ3) is 16.3. The quantitative estimate of drug-likeness (QED) is 0.266. The summed E-state index contributed by atoms with van der Waals surface area (Å²) in [6, 6.07) is -1.22. The minimum absolute atomic E-state index is 0.294. The Balaban J connectivity index is 3.54. The topological polar surface area (TPSA) is 92.7 Å². The third-order valence-electron chi connectivity index (χ3n) is 4.74. The van der Waals surface area contributed by atoms with E-state index in [9.17, 15) is 14.4 Å². The van der Waals surface area contributed by atoms with Crippen LogP contribution in [0, 0.1) is 0 Å². The Hall–Kier alpha value is -1.59. The van der Waals surface area contributed by atoms with Crippen molar-refractivity contribution >= 4 is 17.8 Å². The number of methoxy groups -OCH3 is 1. The molecule has 0 aliphatic heterocycles. The summed E-state index contributed by atoms with van der Waals surface area (Å²) < 4.78 is 4.44. The van der Waals surface area contributed by atoms with Crippen LogP contribution in [0.5, 0.6) is 0 Å². The van der Waals surface area contributed by atoms with E-state index in [0.717, 1.165) is 19.3 Å². The molecule has 0 saturated heterocycles. The predicted octanol–water partition coefficient (Wildman–Crippen LogP) is 4.60. The van der Waals surface area contributed by atoms with Crippen molar-refractivity contribution < 1.29 is 24.2 Å². The summed E-state index contributed by atoms with van der Waals surface area (Å²) in [5.74, 6) is -2.20. The van der Waals surface area contributed by atoms with Crippen molar-refractivity contribution in [3.05, 3.63) is 0 Å². The maximum Gasteiger partial charge on any atom is 0.326 e. The van der Waals surface area contributed by atoms with Crippen molar-refractivity contribution in [3.8, 4) is 0 Å². The fourth-order valence-corrected chi connectivity index (χ4v) is 3.02. The van der Waals surface area contributed by atoms with Crippen LogP contribution in [0.2, 0.25) is 0 Å². The number of carbonyl (C=O) groups excluding carboxylic acids is 2. The van der Waals surface area contributed by atoms with Crippen molar-refractivity contribution in [2.75, 3.05) is 7.11 Å². The lowest BCUT2D eigenvalue weighted by molar-refractivity contribution is -0.148. The summed E-state index contributed by atoms with van der Waals surface area (Å²) in [4.78, 5) is 34.0. The third-order valence-corrected chi connectivity index (χ3v) is 4.74. The average molecular weight is 386 g/mol. The van der Waals surface area contributed by atoms with Gasteiger partial charge in [0.25, 0.3) is 0 Å². The Kier molecular flexibility index (Phi) is 16.8. The van der Waals surface area contributed by atoms with E-state index in [-0.39, 0.29) is 12.3 Å². The second-order valence-corrected chi connectivity index (χ2v) is 7.23. The van der Waals surface area contributed by atoms with Crippen LogP contribution >= 0.6 is 0 Å². The summed E-state index contributed by atoms with van der Waals surface area (Å²) in [6.07, 6.45) is 15.9. The number of carboxylic acids is 1. The highest BCUT2D eigenvalue weighted by Crippen LogP contribution is 2.13. The molecule has 0 spiro atoms. The van der Waals surface area contributed by atoms with Crippen LogP contribution in [0.1, 0.15) is 103 Å². The molecule has 158 valence electrons. The maximum absolute atomic E-state index is 11.8. The number of aliphatic carboxylic acids is 1. The molecule has 0 aromatic carbocycles. The number of ether oxygens (including phenoxy) is 1. The normalized spacial score (nSPS) is 11.8. The molecule has 0 heterocycles. The summed E-state index contributed by atoms with van der Waals surface area (Å²) in [5.41, 5.74) is 0. The zero-order valence-electron chi connectivity index (χ0n) is 17.3. The molecule has 2 N–H and O–H groups in total. The number of esters is 1. The molecule has 0 unspecified atom stereocenters. The first kappa shape index (κ1) is 25.4. The second-order valence-electron chi connectivity index (χ2n) is 7.23. The molecule has 0 aliphatic carbocycles. The van der Waals surface area contributed by atoms with Gasteiger partial charge in [0.05, 0.1) is 13.5 Å². The molecule has 0 radical (unpaired) electrons. The fraction of sp³-hybridized carbons (Fsp3) is 0.857. The number of unbranched alkanes of at least 4 members (excludes halogenated alkanes) is 12. The van der Waals surface area contributed by atoms with Crippen LogP contribution in [0.25, 0.3) is 0 Å². The summed E-state index contributed by atoms with van der Waals surface area (Å²) in [7, 11) is 1.19. The van der Waals surface area contributed by atoms with Gasteiger partial charge in [0.1, 0.15) is 6.04 Å². The smallest absolute Gasteiger partial charge is 0.326 e. The largest absolute Gasteiger partial charge is 0.480 e. The summed E-state index contributed by atoms with van der Waals surface area (Å²) in [5, 5.41) is 11.4. The molecule has 0 aromatic heterocycles. The molecule has 0 aromatic rings. The highest BCUT2D eigenvalue weighted by atomic mass is 16.5. The molecule has 1 amide bonds. The van der Waals surface area contributed by atoms with Crippen molar-refractivity contribution in [3.63, 3.8) is 0 Å². The lowest BCUT2D eigenvalue weighted by Gasteiger charge is -2.13. The Bertz CT molecular complexity index is 411. The Labute approximate surface area is 164 Å². The molecular weight excluding hydrogens is 346 g/mol. The van der Waals surface area contributed by atoms with Gasteiger partial charge in [0, 0.05) is 6.42 Å². The first-order chi connectivity index (χ1) is 13.0. The van der Waals surface area contributed by atoms with Gasteiger partial charge >= 0.3 is 11.9 Å². The van der Waals surface area contributed by atoms with Crippen molar-refractivity contribution in [2.24, 2.45) is 0 Å². The molecule has 0 aliphatic rings. The van der Waals surface area contributed by atoms with Gasteiger partial charge < -0.3 is 15.2 Å². The number of amides is 1. The lowest BCUT2D eigenvalue weighted by Crippen LogP contribution is -2.42. The molecule has 0 saturated carbocycles. The van der Waals surface area contributed by atoms with E-state index in [4.69, 9.17) is 5.11 Å². The number of nitrogens with one attached hydrogen (secondary N) is 1. The first-order valence-corrected chi connectivity index (χ1v) is 10.6. The fourth-order valence-electron chi connectivity index (χ4n) is 3.02. The van der Waals surface area contributed by atoms with Crippen LogP contribution in [-0.2, 0) is 19.1 Å². The number of rotatable bonds is 18. The maximum atomic E-state index is 11.8. The highest BCUT2D eigenvalue weighted by molar-refractivity contribution is 5.87. The second kappa shape index (κ2) is 17.8. The van der Waals surface area contributed by atoms with Crippen LogP contribution in [0.3, 0.4) is 0 Å². The van der Waals surface area contributed by atoms with E-state index in [2.05, 4.69) is 17.0 Å². The average Bonchev–Trinajstić information content (AvgIpc) is 2.64. The minimum atomic E-state index is -1.22. The highest BCUT2D eigenvalue weighted by Gasteiger charge is 2.23. The lowest BCUT2D eigenvalue weighted by atomic mass is 10.0.